The van der Waals surface area contributed by atoms with Crippen molar-refractivity contribution in [2.45, 2.75) is 27.7 Å². The van der Waals surface area contributed by atoms with Crippen molar-refractivity contribution in [1.82, 2.24) is 0 Å². The molecule has 3 nitrogen and oxygen atoms in total. The van der Waals surface area contributed by atoms with Crippen LogP contribution in [-0.4, -0.2) is 26.0 Å². The fourth-order valence-electron chi connectivity index (χ4n) is 3.82. The second-order valence-corrected chi connectivity index (χ2v) is 10.3. The average molecular weight is 417 g/mol. The number of hydrogen-bond acceptors (Lipinski definition) is 4. The van der Waals surface area contributed by atoms with Gasteiger partial charge in [-0.15, -0.1) is 0 Å². The first kappa shape index (κ1) is 18.1. The predicted molar refractivity (Wildman–Crippen MR) is 97.6 cm³/mol. The largest absolute Gasteiger partial charge is 0.489 e. The summed E-state index contributed by atoms with van der Waals surface area (Å²) in [4.78, 5) is 0.0471. The quantitative estimate of drug-likeness (QED) is 0.719. The van der Waals surface area contributed by atoms with E-state index in [2.05, 4.69) is 0 Å². The van der Waals surface area contributed by atoms with Crippen molar-refractivity contribution in [2.75, 3.05) is 12.4 Å². The van der Waals surface area contributed by atoms with E-state index < -0.39 is 31.5 Å². The van der Waals surface area contributed by atoms with E-state index >= 15 is 0 Å². The normalized spacial score (nSPS) is 25.1. The number of rotatable bonds is 2. The van der Waals surface area contributed by atoms with Gasteiger partial charge in [0.1, 0.15) is 17.2 Å². The van der Waals surface area contributed by atoms with E-state index in [1.54, 1.807) is 0 Å². The number of hydrogen-bond donors (Lipinski definition) is 0. The molecular formula is C18H15ClF2O3S2. The summed E-state index contributed by atoms with van der Waals surface area (Å²) in [6.07, 6.45) is 0.801. The van der Waals surface area contributed by atoms with Crippen molar-refractivity contribution in [3.05, 3.63) is 58.6 Å². The molecule has 0 N–H and O–H groups in total. The van der Waals surface area contributed by atoms with Crippen molar-refractivity contribution in [3.63, 3.8) is 0 Å². The maximum absolute atomic E-state index is 14.8. The zero-order valence-corrected chi connectivity index (χ0v) is 15.9. The smallest absolute Gasteiger partial charge is 0.189 e. The molecule has 138 valence electrons. The Morgan fingerprint density at radius 3 is 2.54 bits per heavy atom. The highest BCUT2D eigenvalue weighted by Crippen LogP contribution is 2.55. The number of sulfone groups is 1. The molecule has 0 amide bonds. The van der Waals surface area contributed by atoms with Crippen LogP contribution in [0, 0.1) is 11.6 Å². The molecule has 2 aromatic rings. The Balaban J connectivity index is 2.02. The summed E-state index contributed by atoms with van der Waals surface area (Å²) in [5, 5.41) is -0.110. The van der Waals surface area contributed by atoms with E-state index in [1.807, 2.05) is 0 Å². The van der Waals surface area contributed by atoms with Gasteiger partial charge in [0.2, 0.25) is 0 Å². The molecule has 0 saturated carbocycles. The molecule has 2 aliphatic heterocycles. The fraction of sp³-hybridized carbons (Fsp3) is 0.333. The van der Waals surface area contributed by atoms with Gasteiger partial charge in [-0.25, -0.2) is 17.2 Å². The van der Waals surface area contributed by atoms with Crippen molar-refractivity contribution in [3.8, 4) is 5.75 Å². The lowest BCUT2D eigenvalue weighted by Gasteiger charge is -2.46. The van der Waals surface area contributed by atoms with Crippen LogP contribution in [0.15, 0.2) is 41.3 Å². The standard InChI is InChI=1S/C18H15ClF2O3S2/c19-11-2-4-12(5-3-11)26(22,23)18-8-1-9-25-15(18)10-24-17-14(21)7-6-13(20)16(17)18/h2-7,15H,1,8-10H2/t15-,18+/m0/s1. The summed E-state index contributed by atoms with van der Waals surface area (Å²) in [6.45, 7) is 0.0187. The molecule has 2 atom stereocenters. The number of benzene rings is 2. The van der Waals surface area contributed by atoms with Gasteiger partial charge in [-0.1, -0.05) is 11.6 Å². The van der Waals surface area contributed by atoms with E-state index in [-0.39, 0.29) is 29.2 Å². The van der Waals surface area contributed by atoms with Crippen LogP contribution in [0.2, 0.25) is 5.02 Å². The lowest BCUT2D eigenvalue weighted by atomic mass is 9.86. The van der Waals surface area contributed by atoms with Crippen molar-refractivity contribution in [1.29, 1.82) is 0 Å². The van der Waals surface area contributed by atoms with Gasteiger partial charge in [-0.3, -0.25) is 0 Å². The first-order chi connectivity index (χ1) is 12.4. The Kier molecular flexibility index (Phi) is 4.44. The van der Waals surface area contributed by atoms with E-state index in [0.29, 0.717) is 11.4 Å². The first-order valence-electron chi connectivity index (χ1n) is 8.11. The number of ether oxygens (including phenoxy) is 1. The van der Waals surface area contributed by atoms with Crippen molar-refractivity contribution in [2.24, 2.45) is 0 Å². The third kappa shape index (κ3) is 2.47. The number of halogens is 3. The molecular weight excluding hydrogens is 402 g/mol. The average Bonchev–Trinajstić information content (AvgIpc) is 2.64. The highest BCUT2D eigenvalue weighted by atomic mass is 35.5. The Hall–Kier alpha value is -1.31. The molecule has 0 spiro atoms. The third-order valence-electron chi connectivity index (χ3n) is 5.00. The fourth-order valence-corrected chi connectivity index (χ4v) is 7.99. The lowest BCUT2D eigenvalue weighted by Crippen LogP contribution is -2.53. The summed E-state index contributed by atoms with van der Waals surface area (Å²) in [6, 6.07) is 7.73. The molecule has 4 rings (SSSR count). The number of fused-ring (bicyclic) bond motifs is 3. The number of thioether (sulfide) groups is 1. The molecule has 2 heterocycles. The topological polar surface area (TPSA) is 43.4 Å². The molecule has 0 bridgehead atoms. The zero-order chi connectivity index (χ0) is 18.5. The van der Waals surface area contributed by atoms with Crippen LogP contribution < -0.4 is 4.74 Å². The van der Waals surface area contributed by atoms with Crippen LogP contribution >= 0.6 is 23.4 Å². The van der Waals surface area contributed by atoms with Crippen LogP contribution in [0.4, 0.5) is 8.78 Å². The summed E-state index contributed by atoms with van der Waals surface area (Å²) < 4.78 is 60.4. The maximum atomic E-state index is 14.8. The molecule has 26 heavy (non-hydrogen) atoms. The summed E-state index contributed by atoms with van der Waals surface area (Å²) >= 11 is 7.31. The lowest BCUT2D eigenvalue weighted by molar-refractivity contribution is 0.231. The minimum absolute atomic E-state index is 0.0187. The maximum Gasteiger partial charge on any atom is 0.189 e. The van der Waals surface area contributed by atoms with Gasteiger partial charge in [0.25, 0.3) is 0 Å². The minimum Gasteiger partial charge on any atom is -0.489 e. The third-order valence-corrected chi connectivity index (χ3v) is 9.41. The zero-order valence-electron chi connectivity index (χ0n) is 13.5. The molecule has 0 unspecified atom stereocenters. The van der Waals surface area contributed by atoms with E-state index in [1.165, 1.54) is 36.0 Å². The van der Waals surface area contributed by atoms with Crippen LogP contribution in [-0.2, 0) is 14.6 Å². The Labute approximate surface area is 159 Å². The highest BCUT2D eigenvalue weighted by Gasteiger charge is 2.58. The summed E-state index contributed by atoms with van der Waals surface area (Å²) in [5.41, 5.74) is -0.184. The predicted octanol–water partition coefficient (Wildman–Crippen LogP) is 4.58. The SMILES string of the molecule is O=S(=O)(c1ccc(Cl)cc1)[C@]12CCCS[C@H]1COc1c(F)ccc(F)c12. The Morgan fingerprint density at radius 1 is 1.12 bits per heavy atom. The van der Waals surface area contributed by atoms with Crippen molar-refractivity contribution >= 4 is 33.2 Å². The van der Waals surface area contributed by atoms with Crippen LogP contribution in [0.3, 0.4) is 0 Å². The minimum atomic E-state index is -4.02. The monoisotopic (exact) mass is 416 g/mol. The Bertz CT molecular complexity index is 963. The molecule has 2 aromatic carbocycles. The molecule has 2 aliphatic rings. The highest BCUT2D eigenvalue weighted by molar-refractivity contribution is 8.01. The van der Waals surface area contributed by atoms with Crippen LogP contribution in [0.5, 0.6) is 5.75 Å². The second kappa shape index (κ2) is 6.39. The van der Waals surface area contributed by atoms with E-state index in [0.717, 1.165) is 17.9 Å². The van der Waals surface area contributed by atoms with Gasteiger partial charge in [-0.2, -0.15) is 11.8 Å². The van der Waals surface area contributed by atoms with Gasteiger partial charge in [-0.05, 0) is 55.0 Å². The Morgan fingerprint density at radius 2 is 1.81 bits per heavy atom. The molecule has 0 radical (unpaired) electrons. The van der Waals surface area contributed by atoms with Gasteiger partial charge >= 0.3 is 0 Å². The van der Waals surface area contributed by atoms with Gasteiger partial charge in [0.15, 0.2) is 21.4 Å². The van der Waals surface area contributed by atoms with Crippen LogP contribution in [0.1, 0.15) is 18.4 Å². The molecule has 8 heteroatoms. The van der Waals surface area contributed by atoms with Crippen molar-refractivity contribution < 1.29 is 21.9 Å². The molecule has 1 saturated heterocycles. The summed E-state index contributed by atoms with van der Waals surface area (Å²) in [7, 11) is -4.02. The molecule has 1 fully saturated rings. The van der Waals surface area contributed by atoms with Gasteiger partial charge < -0.3 is 4.74 Å². The summed E-state index contributed by atoms with van der Waals surface area (Å²) in [5.74, 6) is -1.05. The van der Waals surface area contributed by atoms with Crippen LogP contribution in [0.25, 0.3) is 0 Å². The van der Waals surface area contributed by atoms with Gasteiger partial charge in [0, 0.05) is 5.02 Å². The van der Waals surface area contributed by atoms with E-state index in [9.17, 15) is 17.2 Å². The molecule has 0 aliphatic carbocycles. The van der Waals surface area contributed by atoms with Gasteiger partial charge in [0.05, 0.1) is 15.7 Å². The van der Waals surface area contributed by atoms with E-state index in [4.69, 9.17) is 16.3 Å². The molecule has 0 aromatic heterocycles. The second-order valence-electron chi connectivity index (χ2n) is 6.35. The first-order valence-corrected chi connectivity index (χ1v) is 11.0.